The molecule has 1 unspecified atom stereocenters. The zero-order chi connectivity index (χ0) is 13.8. The molecular weight excluding hydrogens is 240 g/mol. The first-order chi connectivity index (χ1) is 9.13. The second-order valence-corrected chi connectivity index (χ2v) is 4.65. The minimum Gasteiger partial charge on any atom is -0.331 e. The predicted octanol–water partition coefficient (Wildman–Crippen LogP) is 2.47. The van der Waals surface area contributed by atoms with Gasteiger partial charge in [-0.15, -0.1) is 0 Å². The smallest absolute Gasteiger partial charge is 0.319 e. The summed E-state index contributed by atoms with van der Waals surface area (Å²) in [5.74, 6) is -0.00944. The molecule has 0 spiro atoms. The maximum atomic E-state index is 11.9. The van der Waals surface area contributed by atoms with Crippen molar-refractivity contribution in [2.45, 2.75) is 32.7 Å². The Morgan fingerprint density at radius 3 is 2.53 bits per heavy atom. The van der Waals surface area contributed by atoms with Crippen LogP contribution < -0.4 is 10.6 Å². The maximum absolute atomic E-state index is 11.9. The van der Waals surface area contributed by atoms with E-state index in [1.807, 2.05) is 37.3 Å². The number of ketones is 1. The number of rotatable bonds is 4. The van der Waals surface area contributed by atoms with Crippen molar-refractivity contribution >= 4 is 17.5 Å². The molecule has 19 heavy (non-hydrogen) atoms. The summed E-state index contributed by atoms with van der Waals surface area (Å²) >= 11 is 0. The molecule has 2 N–H and O–H groups in total. The van der Waals surface area contributed by atoms with Crippen LogP contribution in [-0.4, -0.2) is 17.9 Å². The van der Waals surface area contributed by atoms with Crippen LogP contribution in [0.1, 0.15) is 32.3 Å². The van der Waals surface area contributed by atoms with Crippen LogP contribution in [0.3, 0.4) is 0 Å². The van der Waals surface area contributed by atoms with Gasteiger partial charge in [0.15, 0.2) is 5.78 Å². The zero-order valence-electron chi connectivity index (χ0n) is 11.2. The van der Waals surface area contributed by atoms with Crippen LogP contribution in [-0.2, 0) is 4.79 Å². The highest BCUT2D eigenvalue weighted by Gasteiger charge is 2.29. The van der Waals surface area contributed by atoms with E-state index >= 15 is 0 Å². The Morgan fingerprint density at radius 1 is 1.26 bits per heavy atom. The number of hydrogen-bond acceptors (Lipinski definition) is 2. The molecule has 1 aromatic rings. The number of amides is 2. The summed E-state index contributed by atoms with van der Waals surface area (Å²) < 4.78 is 0. The van der Waals surface area contributed by atoms with Crippen molar-refractivity contribution in [1.82, 2.24) is 10.6 Å². The van der Waals surface area contributed by atoms with Gasteiger partial charge in [0, 0.05) is 5.57 Å². The highest BCUT2D eigenvalue weighted by Crippen LogP contribution is 2.24. The van der Waals surface area contributed by atoms with Crippen LogP contribution in [0.15, 0.2) is 35.9 Å². The Kier molecular flexibility index (Phi) is 4.00. The van der Waals surface area contributed by atoms with Crippen LogP contribution in [0, 0.1) is 0 Å². The Hall–Kier alpha value is -2.10. The summed E-state index contributed by atoms with van der Waals surface area (Å²) in [7, 11) is 0. The molecule has 100 valence electrons. The molecule has 0 radical (unpaired) electrons. The van der Waals surface area contributed by atoms with Crippen molar-refractivity contribution in [2.24, 2.45) is 0 Å². The lowest BCUT2D eigenvalue weighted by Crippen LogP contribution is -2.49. The van der Waals surface area contributed by atoms with Crippen LogP contribution in [0.25, 0.3) is 5.70 Å². The Morgan fingerprint density at radius 2 is 1.95 bits per heavy atom. The summed E-state index contributed by atoms with van der Waals surface area (Å²) in [6.45, 7) is 3.58. The highest BCUT2D eigenvalue weighted by molar-refractivity contribution is 6.06. The number of urea groups is 1. The van der Waals surface area contributed by atoms with Gasteiger partial charge in [-0.05, 0) is 18.9 Å². The summed E-state index contributed by atoms with van der Waals surface area (Å²) in [6.07, 6.45) is 1.67. The largest absolute Gasteiger partial charge is 0.331 e. The number of carbonyl (C=O) groups is 2. The van der Waals surface area contributed by atoms with Crippen molar-refractivity contribution < 1.29 is 9.59 Å². The molecule has 0 saturated heterocycles. The Bertz CT molecular complexity index is 520. The lowest BCUT2D eigenvalue weighted by molar-refractivity contribution is -0.113. The fourth-order valence-corrected chi connectivity index (χ4v) is 2.38. The molecule has 0 aliphatic carbocycles. The van der Waals surface area contributed by atoms with E-state index in [1.165, 1.54) is 0 Å². The first-order valence-electron chi connectivity index (χ1n) is 6.51. The normalized spacial score (nSPS) is 18.8. The SMILES string of the molecule is CCCC1NC(=O)NC(c2ccccc2)=C1C(C)=O. The van der Waals surface area contributed by atoms with Crippen LogP contribution in [0.2, 0.25) is 0 Å². The van der Waals surface area contributed by atoms with Crippen LogP contribution >= 0.6 is 0 Å². The van der Waals surface area contributed by atoms with Crippen molar-refractivity contribution in [3.05, 3.63) is 41.5 Å². The van der Waals surface area contributed by atoms with Crippen molar-refractivity contribution in [2.75, 3.05) is 0 Å². The highest BCUT2D eigenvalue weighted by atomic mass is 16.2. The first kappa shape index (κ1) is 13.3. The van der Waals surface area contributed by atoms with Gasteiger partial charge >= 0.3 is 6.03 Å². The molecule has 0 fully saturated rings. The number of Topliss-reactive ketones (excluding diaryl/α,β-unsaturated/α-hetero) is 1. The van der Waals surface area contributed by atoms with Gasteiger partial charge in [-0.25, -0.2) is 4.79 Å². The molecule has 1 aliphatic rings. The molecule has 4 heteroatoms. The molecule has 1 aliphatic heterocycles. The molecule has 2 amide bonds. The zero-order valence-corrected chi connectivity index (χ0v) is 11.2. The molecule has 4 nitrogen and oxygen atoms in total. The lowest BCUT2D eigenvalue weighted by atomic mass is 9.92. The molecule has 1 heterocycles. The summed E-state index contributed by atoms with van der Waals surface area (Å²) in [5, 5.41) is 5.58. The molecule has 1 atom stereocenters. The number of hydrogen-bond donors (Lipinski definition) is 2. The summed E-state index contributed by atoms with van der Waals surface area (Å²) in [5.41, 5.74) is 2.16. The van der Waals surface area contributed by atoms with E-state index < -0.39 is 0 Å². The van der Waals surface area contributed by atoms with Gasteiger partial charge in [0.2, 0.25) is 0 Å². The van der Waals surface area contributed by atoms with Gasteiger partial charge in [0.25, 0.3) is 0 Å². The van der Waals surface area contributed by atoms with Gasteiger partial charge in [0.05, 0.1) is 11.7 Å². The van der Waals surface area contributed by atoms with Crippen LogP contribution in [0.5, 0.6) is 0 Å². The molecule has 0 aromatic heterocycles. The Balaban J connectivity index is 2.52. The molecule has 2 rings (SSSR count). The van der Waals surface area contributed by atoms with E-state index in [9.17, 15) is 9.59 Å². The third-order valence-corrected chi connectivity index (χ3v) is 3.18. The van der Waals surface area contributed by atoms with E-state index in [0.717, 1.165) is 18.4 Å². The molecule has 1 aromatic carbocycles. The number of nitrogens with one attached hydrogen (secondary N) is 2. The second kappa shape index (κ2) is 5.69. The van der Waals surface area contributed by atoms with Crippen LogP contribution in [0.4, 0.5) is 4.79 Å². The predicted molar refractivity (Wildman–Crippen MR) is 74.4 cm³/mol. The van der Waals surface area contributed by atoms with Gasteiger partial charge < -0.3 is 10.6 Å². The van der Waals surface area contributed by atoms with E-state index in [4.69, 9.17) is 0 Å². The van der Waals surface area contributed by atoms with Gasteiger partial charge in [-0.3, -0.25) is 4.79 Å². The van der Waals surface area contributed by atoms with E-state index in [0.29, 0.717) is 11.3 Å². The van der Waals surface area contributed by atoms with E-state index in [2.05, 4.69) is 10.6 Å². The first-order valence-corrected chi connectivity index (χ1v) is 6.51. The van der Waals surface area contributed by atoms with Crippen molar-refractivity contribution in [1.29, 1.82) is 0 Å². The summed E-state index contributed by atoms with van der Waals surface area (Å²) in [6, 6.07) is 9.03. The quantitative estimate of drug-likeness (QED) is 0.871. The minimum atomic E-state index is -0.248. The standard InChI is InChI=1S/C15H18N2O2/c1-3-7-12-13(10(2)18)14(17-15(19)16-12)11-8-5-4-6-9-11/h4-6,8-9,12H,3,7H2,1-2H3,(H2,16,17,19). The fourth-order valence-electron chi connectivity index (χ4n) is 2.38. The second-order valence-electron chi connectivity index (χ2n) is 4.65. The topological polar surface area (TPSA) is 58.2 Å². The molecular formula is C15H18N2O2. The van der Waals surface area contributed by atoms with Gasteiger partial charge in [-0.2, -0.15) is 0 Å². The Labute approximate surface area is 112 Å². The maximum Gasteiger partial charge on any atom is 0.319 e. The van der Waals surface area contributed by atoms with Crippen molar-refractivity contribution in [3.8, 4) is 0 Å². The third-order valence-electron chi connectivity index (χ3n) is 3.18. The summed E-state index contributed by atoms with van der Waals surface area (Å²) in [4.78, 5) is 23.7. The van der Waals surface area contributed by atoms with E-state index in [1.54, 1.807) is 6.92 Å². The van der Waals surface area contributed by atoms with Crippen molar-refractivity contribution in [3.63, 3.8) is 0 Å². The average molecular weight is 258 g/mol. The number of carbonyl (C=O) groups excluding carboxylic acids is 2. The van der Waals surface area contributed by atoms with E-state index in [-0.39, 0.29) is 17.9 Å². The fraction of sp³-hybridized carbons (Fsp3) is 0.333. The molecule has 0 bridgehead atoms. The molecule has 0 saturated carbocycles. The lowest BCUT2D eigenvalue weighted by Gasteiger charge is -2.29. The van der Waals surface area contributed by atoms with Gasteiger partial charge in [0.1, 0.15) is 0 Å². The third kappa shape index (κ3) is 2.84. The monoisotopic (exact) mass is 258 g/mol. The minimum absolute atomic E-state index is 0.00944. The number of benzene rings is 1. The van der Waals surface area contributed by atoms with Gasteiger partial charge in [-0.1, -0.05) is 43.7 Å². The average Bonchev–Trinajstić information content (AvgIpc) is 2.39.